The second-order valence-electron chi connectivity index (χ2n) is 5.76. The van der Waals surface area contributed by atoms with E-state index < -0.39 is 10.0 Å². The van der Waals surface area contributed by atoms with Gasteiger partial charge in [0.2, 0.25) is 0 Å². The fourth-order valence-corrected chi connectivity index (χ4v) is 3.45. The van der Waals surface area contributed by atoms with Gasteiger partial charge >= 0.3 is 0 Å². The van der Waals surface area contributed by atoms with Crippen molar-refractivity contribution in [2.45, 2.75) is 31.2 Å². The number of sulfonamides is 1. The van der Waals surface area contributed by atoms with E-state index in [9.17, 15) is 13.2 Å². The number of benzene rings is 2. The Morgan fingerprint density at radius 1 is 1.19 bits per heavy atom. The lowest BCUT2D eigenvalue weighted by atomic mass is 10.2. The van der Waals surface area contributed by atoms with Crippen LogP contribution in [0.2, 0.25) is 5.02 Å². The minimum Gasteiger partial charge on any atom is -0.495 e. The maximum absolute atomic E-state index is 12.5. The average molecular weight is 397 g/mol. The van der Waals surface area contributed by atoms with Crippen molar-refractivity contribution < 1.29 is 17.9 Å². The average Bonchev–Trinajstić information content (AvgIpc) is 2.61. The van der Waals surface area contributed by atoms with Crippen molar-refractivity contribution in [2.75, 3.05) is 11.8 Å². The smallest absolute Gasteiger partial charge is 0.261 e. The van der Waals surface area contributed by atoms with Crippen LogP contribution in [0.4, 0.5) is 5.69 Å². The first-order chi connectivity index (χ1) is 12.3. The first-order valence-electron chi connectivity index (χ1n) is 8.04. The predicted octanol–water partition coefficient (Wildman–Crippen LogP) is 3.68. The van der Waals surface area contributed by atoms with Gasteiger partial charge in [0, 0.05) is 11.6 Å². The SMILES string of the molecule is CCC(C)NC(=O)c1ccc(S(=O)(=O)Nc2ccc(OC)c(Cl)c2)cc1. The van der Waals surface area contributed by atoms with Gasteiger partial charge in [0.1, 0.15) is 5.75 Å². The van der Waals surface area contributed by atoms with Crippen LogP contribution in [0.5, 0.6) is 5.75 Å². The molecule has 0 aliphatic heterocycles. The van der Waals surface area contributed by atoms with Crippen LogP contribution in [0.3, 0.4) is 0 Å². The summed E-state index contributed by atoms with van der Waals surface area (Å²) < 4.78 is 32.5. The zero-order valence-corrected chi connectivity index (χ0v) is 16.3. The second-order valence-corrected chi connectivity index (χ2v) is 7.85. The molecular formula is C18H21ClN2O4S. The molecule has 1 amide bonds. The summed E-state index contributed by atoms with van der Waals surface area (Å²) in [5.74, 6) is 0.212. The molecule has 0 fully saturated rings. The van der Waals surface area contributed by atoms with E-state index in [0.29, 0.717) is 22.0 Å². The van der Waals surface area contributed by atoms with Crippen molar-refractivity contribution in [1.29, 1.82) is 0 Å². The molecule has 2 N–H and O–H groups in total. The van der Waals surface area contributed by atoms with Gasteiger partial charge in [-0.2, -0.15) is 0 Å². The fourth-order valence-electron chi connectivity index (χ4n) is 2.14. The zero-order chi connectivity index (χ0) is 19.3. The summed E-state index contributed by atoms with van der Waals surface area (Å²) in [6.07, 6.45) is 0.812. The number of nitrogens with one attached hydrogen (secondary N) is 2. The quantitative estimate of drug-likeness (QED) is 0.747. The molecule has 2 aromatic carbocycles. The summed E-state index contributed by atoms with van der Waals surface area (Å²) in [4.78, 5) is 12.1. The van der Waals surface area contributed by atoms with Gasteiger partial charge < -0.3 is 10.1 Å². The minimum absolute atomic E-state index is 0.0459. The van der Waals surface area contributed by atoms with E-state index in [1.165, 1.54) is 37.4 Å². The molecule has 2 rings (SSSR count). The number of ether oxygens (including phenoxy) is 1. The number of amides is 1. The highest BCUT2D eigenvalue weighted by Crippen LogP contribution is 2.28. The fraction of sp³-hybridized carbons (Fsp3) is 0.278. The molecule has 0 saturated heterocycles. The number of anilines is 1. The Kier molecular flexibility index (Phi) is 6.50. The van der Waals surface area contributed by atoms with Crippen LogP contribution in [-0.4, -0.2) is 27.5 Å². The molecule has 0 spiro atoms. The highest BCUT2D eigenvalue weighted by atomic mass is 35.5. The molecule has 26 heavy (non-hydrogen) atoms. The molecule has 1 unspecified atom stereocenters. The first-order valence-corrected chi connectivity index (χ1v) is 9.90. The maximum atomic E-state index is 12.5. The van der Waals surface area contributed by atoms with E-state index in [1.807, 2.05) is 13.8 Å². The van der Waals surface area contributed by atoms with Gasteiger partial charge in [-0.25, -0.2) is 8.42 Å². The van der Waals surface area contributed by atoms with E-state index in [0.717, 1.165) is 6.42 Å². The van der Waals surface area contributed by atoms with Gasteiger partial charge in [-0.1, -0.05) is 18.5 Å². The molecule has 6 nitrogen and oxygen atoms in total. The van der Waals surface area contributed by atoms with Gasteiger partial charge in [-0.15, -0.1) is 0 Å². The van der Waals surface area contributed by atoms with Gasteiger partial charge in [0.25, 0.3) is 15.9 Å². The third-order valence-corrected chi connectivity index (χ3v) is 5.51. The van der Waals surface area contributed by atoms with Crippen molar-refractivity contribution in [3.63, 3.8) is 0 Å². The zero-order valence-electron chi connectivity index (χ0n) is 14.7. The summed E-state index contributed by atoms with van der Waals surface area (Å²) in [6.45, 7) is 3.87. The van der Waals surface area contributed by atoms with Crippen LogP contribution in [-0.2, 0) is 10.0 Å². The number of carbonyl (C=O) groups is 1. The summed E-state index contributed by atoms with van der Waals surface area (Å²) in [6, 6.07) is 10.4. The summed E-state index contributed by atoms with van der Waals surface area (Å²) in [5, 5.41) is 3.13. The Bertz CT molecular complexity index is 883. The van der Waals surface area contributed by atoms with Crippen LogP contribution >= 0.6 is 11.6 Å². The largest absolute Gasteiger partial charge is 0.495 e. The number of carbonyl (C=O) groups excluding carboxylic acids is 1. The van der Waals surface area contributed by atoms with Gasteiger partial charge in [0.15, 0.2) is 0 Å². The summed E-state index contributed by atoms with van der Waals surface area (Å²) in [7, 11) is -2.32. The van der Waals surface area contributed by atoms with Crippen molar-refractivity contribution in [3.05, 3.63) is 53.1 Å². The molecule has 0 aromatic heterocycles. The van der Waals surface area contributed by atoms with Crippen LogP contribution in [0.15, 0.2) is 47.4 Å². The third kappa shape index (κ3) is 4.89. The molecule has 0 heterocycles. The summed E-state index contributed by atoms with van der Waals surface area (Å²) >= 11 is 6.01. The van der Waals surface area contributed by atoms with Crippen molar-refractivity contribution in [1.82, 2.24) is 5.32 Å². The molecule has 0 aliphatic rings. The van der Waals surface area contributed by atoms with Gasteiger partial charge in [-0.05, 0) is 55.8 Å². The Hall–Kier alpha value is -2.25. The Balaban J connectivity index is 2.16. The highest BCUT2D eigenvalue weighted by Gasteiger charge is 2.16. The van der Waals surface area contributed by atoms with E-state index in [4.69, 9.17) is 16.3 Å². The lowest BCUT2D eigenvalue weighted by Crippen LogP contribution is -2.31. The number of rotatable bonds is 7. The number of hydrogen-bond donors (Lipinski definition) is 2. The number of methoxy groups -OCH3 is 1. The molecule has 0 radical (unpaired) electrons. The van der Waals surface area contributed by atoms with Gasteiger partial charge in [-0.3, -0.25) is 9.52 Å². The second kappa shape index (κ2) is 8.42. The van der Waals surface area contributed by atoms with E-state index in [1.54, 1.807) is 12.1 Å². The molecule has 0 saturated carbocycles. The lowest BCUT2D eigenvalue weighted by molar-refractivity contribution is 0.0939. The van der Waals surface area contributed by atoms with Crippen molar-refractivity contribution >= 4 is 33.2 Å². The Morgan fingerprint density at radius 3 is 2.38 bits per heavy atom. The molecule has 140 valence electrons. The monoisotopic (exact) mass is 396 g/mol. The Morgan fingerprint density at radius 2 is 1.85 bits per heavy atom. The van der Waals surface area contributed by atoms with Crippen molar-refractivity contribution in [2.24, 2.45) is 0 Å². The van der Waals surface area contributed by atoms with E-state index in [-0.39, 0.29) is 16.8 Å². The molecule has 0 aliphatic carbocycles. The maximum Gasteiger partial charge on any atom is 0.261 e. The van der Waals surface area contributed by atoms with Gasteiger partial charge in [0.05, 0.1) is 22.7 Å². The first kappa shape index (κ1) is 20.1. The molecule has 0 bridgehead atoms. The lowest BCUT2D eigenvalue weighted by Gasteiger charge is -2.12. The van der Waals surface area contributed by atoms with Crippen molar-refractivity contribution in [3.8, 4) is 5.75 Å². The standard InChI is InChI=1S/C18H21ClN2O4S/c1-4-12(2)20-18(22)13-5-8-15(9-6-13)26(23,24)21-14-7-10-17(25-3)16(19)11-14/h5-12,21H,4H2,1-3H3,(H,20,22). The number of hydrogen-bond acceptors (Lipinski definition) is 4. The van der Waals surface area contributed by atoms with Crippen LogP contribution in [0.1, 0.15) is 30.6 Å². The molecule has 2 aromatic rings. The predicted molar refractivity (Wildman–Crippen MR) is 102 cm³/mol. The highest BCUT2D eigenvalue weighted by molar-refractivity contribution is 7.92. The Labute approximate surface area is 158 Å². The molecular weight excluding hydrogens is 376 g/mol. The van der Waals surface area contributed by atoms with Crippen LogP contribution in [0.25, 0.3) is 0 Å². The number of halogens is 1. The van der Waals surface area contributed by atoms with E-state index >= 15 is 0 Å². The third-order valence-electron chi connectivity index (χ3n) is 3.82. The van der Waals surface area contributed by atoms with Crippen LogP contribution in [0, 0.1) is 0 Å². The molecule has 8 heteroatoms. The summed E-state index contributed by atoms with van der Waals surface area (Å²) in [5.41, 5.74) is 0.714. The van der Waals surface area contributed by atoms with E-state index in [2.05, 4.69) is 10.0 Å². The topological polar surface area (TPSA) is 84.5 Å². The molecule has 1 atom stereocenters. The minimum atomic E-state index is -3.80. The normalized spacial score (nSPS) is 12.3. The van der Waals surface area contributed by atoms with Crippen LogP contribution < -0.4 is 14.8 Å².